The summed E-state index contributed by atoms with van der Waals surface area (Å²) in [4.78, 5) is 26.1. The van der Waals surface area contributed by atoms with Crippen molar-refractivity contribution in [1.82, 2.24) is 0 Å². The lowest BCUT2D eigenvalue weighted by molar-refractivity contribution is -0.287. The highest BCUT2D eigenvalue weighted by Gasteiger charge is 2.76. The molecule has 0 amide bonds. The van der Waals surface area contributed by atoms with E-state index in [9.17, 15) is 24.9 Å². The fourth-order valence-electron chi connectivity index (χ4n) is 13.4. The summed E-state index contributed by atoms with van der Waals surface area (Å²) >= 11 is 0. The number of rotatable bonds is 5. The number of aromatic hydroxyl groups is 1. The van der Waals surface area contributed by atoms with Crippen molar-refractivity contribution in [2.75, 3.05) is 0 Å². The maximum absolute atomic E-state index is 13.1. The number of benzene rings is 1. The first-order valence-corrected chi connectivity index (χ1v) is 17.6. The van der Waals surface area contributed by atoms with Gasteiger partial charge in [0, 0.05) is 11.5 Å². The molecule has 3 N–H and O–H groups in total. The Bertz CT molecular complexity index is 1440. The summed E-state index contributed by atoms with van der Waals surface area (Å²) in [5.41, 5.74) is 0.500. The number of allylic oxidation sites excluding steroid dienone is 1. The fourth-order valence-corrected chi connectivity index (χ4v) is 13.4. The Morgan fingerprint density at radius 2 is 1.52 bits per heavy atom. The van der Waals surface area contributed by atoms with Gasteiger partial charge in [-0.15, -0.1) is 0 Å². The maximum Gasteiger partial charge on any atom is 0.331 e. The van der Waals surface area contributed by atoms with E-state index in [0.717, 1.165) is 62.5 Å². The van der Waals surface area contributed by atoms with Crippen molar-refractivity contribution < 1.29 is 29.6 Å². The highest BCUT2D eigenvalue weighted by atomic mass is 16.6. The summed E-state index contributed by atoms with van der Waals surface area (Å²) in [6.07, 6.45) is 9.65. The number of aliphatic hydroxyl groups is 1. The number of phenols is 1. The minimum atomic E-state index is -0.778. The highest BCUT2D eigenvalue weighted by molar-refractivity contribution is 5.87. The van der Waals surface area contributed by atoms with Crippen molar-refractivity contribution in [3.8, 4) is 5.75 Å². The Kier molecular flexibility index (Phi) is 7.75. The largest absolute Gasteiger partial charge is 0.508 e. The van der Waals surface area contributed by atoms with Crippen molar-refractivity contribution >= 4 is 18.0 Å². The first kappa shape index (κ1) is 33.3. The van der Waals surface area contributed by atoms with Crippen molar-refractivity contribution in [2.24, 2.45) is 56.2 Å². The van der Waals surface area contributed by atoms with Crippen molar-refractivity contribution in [1.29, 1.82) is 0 Å². The van der Waals surface area contributed by atoms with Gasteiger partial charge in [-0.2, -0.15) is 0 Å². The average molecular weight is 633 g/mol. The summed E-state index contributed by atoms with van der Waals surface area (Å²) in [5.74, 6) is 0.0573. The van der Waals surface area contributed by atoms with Crippen LogP contribution in [-0.4, -0.2) is 39.5 Å². The van der Waals surface area contributed by atoms with E-state index in [-0.39, 0.29) is 45.2 Å². The number of aliphatic carboxylic acids is 1. The molecule has 11 unspecified atom stereocenters. The van der Waals surface area contributed by atoms with Crippen molar-refractivity contribution in [3.05, 3.63) is 48.1 Å². The lowest BCUT2D eigenvalue weighted by Gasteiger charge is -2.76. The SMILES string of the molecule is C=C(C)C1CCC2(C(=O)O)CCC3(C)C(C)(CCC4C5(C)CC(O)C(OC(=O)C=Cc6ccc(O)cc6)C(C)(C)C5CCC43C)C12. The summed E-state index contributed by atoms with van der Waals surface area (Å²) in [6, 6.07) is 6.62. The Morgan fingerprint density at radius 1 is 0.891 bits per heavy atom. The van der Waals surface area contributed by atoms with Crippen LogP contribution in [-0.2, 0) is 14.3 Å². The van der Waals surface area contributed by atoms with E-state index in [0.29, 0.717) is 12.3 Å². The van der Waals surface area contributed by atoms with Crippen LogP contribution in [0.1, 0.15) is 112 Å². The van der Waals surface area contributed by atoms with Crippen LogP contribution in [0.3, 0.4) is 0 Å². The van der Waals surface area contributed by atoms with Gasteiger partial charge in [-0.3, -0.25) is 4.79 Å². The lowest BCUT2D eigenvalue weighted by Crippen LogP contribution is -2.71. The van der Waals surface area contributed by atoms with Crippen molar-refractivity contribution in [2.45, 2.75) is 118 Å². The molecule has 252 valence electrons. The zero-order valence-electron chi connectivity index (χ0n) is 29.1. The molecule has 0 radical (unpaired) electrons. The number of carboxylic acid groups (broad SMARTS) is 1. The topological polar surface area (TPSA) is 104 Å². The monoisotopic (exact) mass is 632 g/mol. The molecular formula is C40H56O6. The summed E-state index contributed by atoms with van der Waals surface area (Å²) in [7, 11) is 0. The molecule has 1 aromatic carbocycles. The predicted molar refractivity (Wildman–Crippen MR) is 180 cm³/mol. The number of aliphatic hydroxyl groups excluding tert-OH is 1. The molecule has 5 fully saturated rings. The number of phenolic OH excluding ortho intramolecular Hbond substituents is 1. The Morgan fingerprint density at radius 3 is 2.15 bits per heavy atom. The van der Waals surface area contributed by atoms with Gasteiger partial charge in [-0.1, -0.05) is 65.8 Å². The minimum Gasteiger partial charge on any atom is -0.508 e. The number of hydrogen-bond donors (Lipinski definition) is 3. The fraction of sp³-hybridized carbons (Fsp3) is 0.700. The molecule has 6 heteroatoms. The molecule has 0 aliphatic heterocycles. The number of ether oxygens (including phenoxy) is 1. The van der Waals surface area contributed by atoms with Gasteiger partial charge in [0.15, 0.2) is 0 Å². The molecule has 6 rings (SSSR count). The third-order valence-corrected chi connectivity index (χ3v) is 15.7. The van der Waals surface area contributed by atoms with Gasteiger partial charge in [0.2, 0.25) is 0 Å². The molecule has 0 bridgehead atoms. The van der Waals surface area contributed by atoms with Crippen LogP contribution in [0.25, 0.3) is 6.08 Å². The van der Waals surface area contributed by atoms with Gasteiger partial charge < -0.3 is 20.1 Å². The second kappa shape index (κ2) is 10.7. The third-order valence-electron chi connectivity index (χ3n) is 15.7. The van der Waals surface area contributed by atoms with Crippen LogP contribution < -0.4 is 0 Å². The van der Waals surface area contributed by atoms with Crippen LogP contribution in [0.15, 0.2) is 42.5 Å². The second-order valence-electron chi connectivity index (χ2n) is 17.7. The summed E-state index contributed by atoms with van der Waals surface area (Å²) in [5, 5.41) is 32.1. The molecule has 0 heterocycles. The lowest BCUT2D eigenvalue weighted by atomic mass is 9.28. The molecule has 0 aromatic heterocycles. The summed E-state index contributed by atoms with van der Waals surface area (Å²) in [6.45, 7) is 20.7. The highest BCUT2D eigenvalue weighted by Crippen LogP contribution is 2.81. The number of carboxylic acids is 1. The zero-order chi connectivity index (χ0) is 33.7. The number of esters is 1. The van der Waals surface area contributed by atoms with Gasteiger partial charge in [-0.25, -0.2) is 4.79 Å². The van der Waals surface area contributed by atoms with Crippen LogP contribution >= 0.6 is 0 Å². The van der Waals surface area contributed by atoms with E-state index in [4.69, 9.17) is 4.74 Å². The van der Waals surface area contributed by atoms with Gasteiger partial charge >= 0.3 is 11.9 Å². The van der Waals surface area contributed by atoms with E-state index in [1.54, 1.807) is 30.3 Å². The van der Waals surface area contributed by atoms with Crippen LogP contribution in [0.4, 0.5) is 0 Å². The second-order valence-corrected chi connectivity index (χ2v) is 17.7. The summed E-state index contributed by atoms with van der Waals surface area (Å²) < 4.78 is 6.07. The minimum absolute atomic E-state index is 0.00963. The smallest absolute Gasteiger partial charge is 0.331 e. The van der Waals surface area contributed by atoms with Crippen LogP contribution in [0.2, 0.25) is 0 Å². The predicted octanol–water partition coefficient (Wildman–Crippen LogP) is 8.42. The molecule has 6 nitrogen and oxygen atoms in total. The van der Waals surface area contributed by atoms with E-state index in [1.807, 2.05) is 0 Å². The van der Waals surface area contributed by atoms with E-state index < -0.39 is 35.0 Å². The molecule has 0 spiro atoms. The average Bonchev–Trinajstić information content (AvgIpc) is 3.39. The quantitative estimate of drug-likeness (QED) is 0.171. The molecule has 5 aliphatic rings. The van der Waals surface area contributed by atoms with Crippen LogP contribution in [0.5, 0.6) is 5.75 Å². The first-order chi connectivity index (χ1) is 21.4. The number of carbonyl (C=O) groups excluding carboxylic acids is 1. The Hall–Kier alpha value is -2.60. The first-order valence-electron chi connectivity index (χ1n) is 17.6. The molecular weight excluding hydrogens is 576 g/mol. The number of hydrogen-bond acceptors (Lipinski definition) is 5. The molecule has 5 aliphatic carbocycles. The van der Waals surface area contributed by atoms with Crippen molar-refractivity contribution in [3.63, 3.8) is 0 Å². The van der Waals surface area contributed by atoms with Gasteiger partial charge in [-0.05, 0) is 134 Å². The number of fused-ring (bicyclic) bond motifs is 7. The number of carbonyl (C=O) groups is 2. The third kappa shape index (κ3) is 4.37. The van der Waals surface area contributed by atoms with Gasteiger partial charge in [0.25, 0.3) is 0 Å². The standard InChI is InChI=1S/C40H56O6/c1-24(2)27-15-20-40(34(44)45)22-21-39(8)37(6)18-16-29-35(3,4)33(46-31(43)14-11-25-9-12-26(41)13-10-25)28(42)23-36(29,5)30(37)17-19-38(39,7)32(27)40/h9-14,27-30,32-33,41-42H,1,15-23H2,2-8H3,(H,44,45). The normalized spacial score (nSPS) is 46.0. The van der Waals surface area contributed by atoms with Gasteiger partial charge in [0.05, 0.1) is 11.5 Å². The molecule has 11 atom stereocenters. The molecule has 5 saturated carbocycles. The van der Waals surface area contributed by atoms with E-state index >= 15 is 0 Å². The maximum atomic E-state index is 13.1. The van der Waals surface area contributed by atoms with Crippen LogP contribution in [0, 0.1) is 56.2 Å². The van der Waals surface area contributed by atoms with E-state index in [1.165, 1.54) is 6.08 Å². The van der Waals surface area contributed by atoms with E-state index in [2.05, 4.69) is 55.0 Å². The Balaban J connectivity index is 1.29. The molecule has 46 heavy (non-hydrogen) atoms. The molecule has 1 aromatic rings. The molecule has 0 saturated heterocycles. The van der Waals surface area contributed by atoms with Gasteiger partial charge in [0.1, 0.15) is 11.9 Å². The Labute approximate surface area is 275 Å². The zero-order valence-corrected chi connectivity index (χ0v) is 29.1.